The minimum Gasteiger partial charge on any atom is -0.387 e. The number of β-amino-alcohol motifs (C(OH)–C–C–N with tert-alkyl or cyclic N) is 1. The van der Waals surface area contributed by atoms with Gasteiger partial charge in [-0.15, -0.1) is 0 Å². The SMILES string of the molecule is Cn1c(CN2CC(O)(C3CC3)C2)cc(=O)n(C)c1=O. The molecule has 1 aromatic rings. The van der Waals surface area contributed by atoms with Crippen LogP contribution < -0.4 is 11.2 Å². The molecule has 1 N–H and O–H groups in total. The van der Waals surface area contributed by atoms with Crippen molar-refractivity contribution in [1.29, 1.82) is 0 Å². The fraction of sp³-hybridized carbons (Fsp3) is 0.692. The number of aromatic nitrogens is 2. The summed E-state index contributed by atoms with van der Waals surface area (Å²) in [6.45, 7) is 1.82. The third-order valence-electron chi connectivity index (χ3n) is 4.34. The molecule has 2 fully saturated rings. The van der Waals surface area contributed by atoms with E-state index < -0.39 is 5.60 Å². The van der Waals surface area contributed by atoms with Crippen LogP contribution in [-0.2, 0) is 20.6 Å². The van der Waals surface area contributed by atoms with Crippen molar-refractivity contribution in [3.8, 4) is 0 Å². The smallest absolute Gasteiger partial charge is 0.330 e. The molecule has 0 amide bonds. The quantitative estimate of drug-likeness (QED) is 0.764. The van der Waals surface area contributed by atoms with Gasteiger partial charge in [0.05, 0.1) is 5.60 Å². The van der Waals surface area contributed by atoms with E-state index in [4.69, 9.17) is 0 Å². The average molecular weight is 265 g/mol. The predicted molar refractivity (Wildman–Crippen MR) is 69.9 cm³/mol. The standard InChI is InChI=1S/C13H19N3O3/c1-14-10(5-11(17)15(2)12(14)18)6-16-7-13(19,8-16)9-3-4-9/h5,9,19H,3-4,6-8H2,1-2H3. The molecule has 1 aliphatic heterocycles. The topological polar surface area (TPSA) is 67.5 Å². The summed E-state index contributed by atoms with van der Waals surface area (Å²) in [5.41, 5.74) is -0.416. The highest BCUT2D eigenvalue weighted by molar-refractivity contribution is 5.09. The number of likely N-dealkylation sites (tertiary alicyclic amines) is 1. The Morgan fingerprint density at radius 1 is 1.26 bits per heavy atom. The number of hydrogen-bond donors (Lipinski definition) is 1. The molecule has 0 aromatic carbocycles. The zero-order chi connectivity index (χ0) is 13.8. The van der Waals surface area contributed by atoms with E-state index in [0.29, 0.717) is 31.2 Å². The number of nitrogens with zero attached hydrogens (tertiary/aromatic N) is 3. The Balaban J connectivity index is 1.75. The Bertz CT molecular complexity index is 621. The Hall–Kier alpha value is -1.40. The van der Waals surface area contributed by atoms with Crippen LogP contribution in [-0.4, -0.2) is 37.8 Å². The maximum absolute atomic E-state index is 11.8. The number of rotatable bonds is 3. The molecule has 6 heteroatoms. The molecule has 104 valence electrons. The third-order valence-corrected chi connectivity index (χ3v) is 4.34. The van der Waals surface area contributed by atoms with Crippen molar-refractivity contribution in [1.82, 2.24) is 14.0 Å². The minimum absolute atomic E-state index is 0.281. The van der Waals surface area contributed by atoms with E-state index in [0.717, 1.165) is 17.4 Å². The Kier molecular flexibility index (Phi) is 2.69. The van der Waals surface area contributed by atoms with Gasteiger partial charge in [0.2, 0.25) is 0 Å². The van der Waals surface area contributed by atoms with Crippen molar-refractivity contribution in [2.45, 2.75) is 25.0 Å². The van der Waals surface area contributed by atoms with Crippen molar-refractivity contribution in [3.63, 3.8) is 0 Å². The van der Waals surface area contributed by atoms with Crippen molar-refractivity contribution in [2.24, 2.45) is 20.0 Å². The molecule has 1 saturated carbocycles. The Morgan fingerprint density at radius 3 is 2.47 bits per heavy atom. The summed E-state index contributed by atoms with van der Waals surface area (Å²) in [7, 11) is 3.15. The molecular formula is C13H19N3O3. The van der Waals surface area contributed by atoms with Crippen LogP contribution >= 0.6 is 0 Å². The normalized spacial score (nSPS) is 22.3. The molecule has 1 saturated heterocycles. The van der Waals surface area contributed by atoms with Crippen LogP contribution in [0.3, 0.4) is 0 Å². The first kappa shape index (κ1) is 12.6. The third kappa shape index (κ3) is 2.04. The maximum atomic E-state index is 11.8. The van der Waals surface area contributed by atoms with Gasteiger partial charge in [-0.3, -0.25) is 18.8 Å². The molecule has 1 aromatic heterocycles. The minimum atomic E-state index is -0.529. The first-order chi connectivity index (χ1) is 8.90. The van der Waals surface area contributed by atoms with Gasteiger partial charge in [-0.25, -0.2) is 4.79 Å². The van der Waals surface area contributed by atoms with E-state index in [1.165, 1.54) is 17.7 Å². The molecule has 0 unspecified atom stereocenters. The summed E-state index contributed by atoms with van der Waals surface area (Å²) in [5.74, 6) is 0.455. The number of hydrogen-bond acceptors (Lipinski definition) is 4. The summed E-state index contributed by atoms with van der Waals surface area (Å²) >= 11 is 0. The van der Waals surface area contributed by atoms with E-state index >= 15 is 0 Å². The van der Waals surface area contributed by atoms with E-state index in [1.54, 1.807) is 7.05 Å². The van der Waals surface area contributed by atoms with Crippen LogP contribution in [0.1, 0.15) is 18.5 Å². The Labute approximate surface area is 110 Å². The van der Waals surface area contributed by atoms with Gasteiger partial charge in [0, 0.05) is 45.5 Å². The van der Waals surface area contributed by atoms with Gasteiger partial charge in [-0.2, -0.15) is 0 Å². The summed E-state index contributed by atoms with van der Waals surface area (Å²) in [4.78, 5) is 25.5. The van der Waals surface area contributed by atoms with E-state index in [-0.39, 0.29) is 11.2 Å². The molecule has 1 aliphatic carbocycles. The predicted octanol–water partition coefficient (Wildman–Crippen LogP) is -0.959. The van der Waals surface area contributed by atoms with Gasteiger partial charge in [-0.1, -0.05) is 0 Å². The fourth-order valence-corrected chi connectivity index (χ4v) is 2.88. The maximum Gasteiger partial charge on any atom is 0.330 e. The van der Waals surface area contributed by atoms with Crippen molar-refractivity contribution in [3.05, 3.63) is 32.6 Å². The van der Waals surface area contributed by atoms with Gasteiger partial charge in [0.25, 0.3) is 5.56 Å². The lowest BCUT2D eigenvalue weighted by molar-refractivity contribution is -0.117. The molecule has 3 rings (SSSR count). The summed E-state index contributed by atoms with van der Waals surface area (Å²) < 4.78 is 2.59. The van der Waals surface area contributed by atoms with Gasteiger partial charge >= 0.3 is 5.69 Å². The highest BCUT2D eigenvalue weighted by Gasteiger charge is 2.51. The molecule has 0 bridgehead atoms. The summed E-state index contributed by atoms with van der Waals surface area (Å²) in [6.07, 6.45) is 2.24. The largest absolute Gasteiger partial charge is 0.387 e. The monoisotopic (exact) mass is 265 g/mol. The molecule has 19 heavy (non-hydrogen) atoms. The zero-order valence-electron chi connectivity index (χ0n) is 11.3. The van der Waals surface area contributed by atoms with Crippen LogP contribution in [0.4, 0.5) is 0 Å². The molecular weight excluding hydrogens is 246 g/mol. The summed E-state index contributed by atoms with van der Waals surface area (Å²) in [5, 5.41) is 10.2. The van der Waals surface area contributed by atoms with Crippen LogP contribution in [0.2, 0.25) is 0 Å². The van der Waals surface area contributed by atoms with Crippen LogP contribution in [0, 0.1) is 5.92 Å². The average Bonchev–Trinajstić information content (AvgIpc) is 3.15. The Morgan fingerprint density at radius 2 is 1.89 bits per heavy atom. The zero-order valence-corrected chi connectivity index (χ0v) is 11.3. The lowest BCUT2D eigenvalue weighted by atomic mass is 9.88. The summed E-state index contributed by atoms with van der Waals surface area (Å²) in [6, 6.07) is 1.50. The van der Waals surface area contributed by atoms with Crippen molar-refractivity contribution < 1.29 is 5.11 Å². The van der Waals surface area contributed by atoms with Gasteiger partial charge in [0.1, 0.15) is 0 Å². The molecule has 0 atom stereocenters. The molecule has 0 radical (unpaired) electrons. The van der Waals surface area contributed by atoms with E-state index in [1.807, 2.05) is 0 Å². The highest BCUT2D eigenvalue weighted by Crippen LogP contribution is 2.44. The van der Waals surface area contributed by atoms with Crippen LogP contribution in [0.15, 0.2) is 15.7 Å². The van der Waals surface area contributed by atoms with Crippen LogP contribution in [0.5, 0.6) is 0 Å². The van der Waals surface area contributed by atoms with Crippen molar-refractivity contribution in [2.75, 3.05) is 13.1 Å². The first-order valence-corrected chi connectivity index (χ1v) is 6.61. The highest BCUT2D eigenvalue weighted by atomic mass is 16.3. The molecule has 2 heterocycles. The second kappa shape index (κ2) is 4.05. The molecule has 6 nitrogen and oxygen atoms in total. The fourth-order valence-electron chi connectivity index (χ4n) is 2.88. The lowest BCUT2D eigenvalue weighted by Gasteiger charge is -2.47. The van der Waals surface area contributed by atoms with E-state index in [9.17, 15) is 14.7 Å². The van der Waals surface area contributed by atoms with Crippen LogP contribution in [0.25, 0.3) is 0 Å². The van der Waals surface area contributed by atoms with Gasteiger partial charge in [0.15, 0.2) is 0 Å². The number of aliphatic hydroxyl groups is 1. The van der Waals surface area contributed by atoms with Crippen molar-refractivity contribution >= 4 is 0 Å². The van der Waals surface area contributed by atoms with Gasteiger partial charge < -0.3 is 5.11 Å². The second-order valence-electron chi connectivity index (χ2n) is 5.90. The first-order valence-electron chi connectivity index (χ1n) is 6.61. The van der Waals surface area contributed by atoms with Gasteiger partial charge in [-0.05, 0) is 18.8 Å². The molecule has 0 spiro atoms. The molecule has 2 aliphatic rings. The van der Waals surface area contributed by atoms with E-state index in [2.05, 4.69) is 4.90 Å². The lowest BCUT2D eigenvalue weighted by Crippen LogP contribution is -2.62. The second-order valence-corrected chi connectivity index (χ2v) is 5.90.